The Hall–Kier alpha value is -5.03. The summed E-state index contributed by atoms with van der Waals surface area (Å²) in [6, 6.07) is 32.2. The summed E-state index contributed by atoms with van der Waals surface area (Å²) in [5, 5.41) is 2.38. The van der Waals surface area contributed by atoms with Crippen LogP contribution in [0.5, 0.6) is 11.5 Å². The first kappa shape index (κ1) is 30.6. The van der Waals surface area contributed by atoms with Crippen molar-refractivity contribution in [1.29, 1.82) is 0 Å². The van der Waals surface area contributed by atoms with Crippen LogP contribution in [-0.4, -0.2) is 16.2 Å². The zero-order valence-electron chi connectivity index (χ0n) is 28.5. The molecule has 0 fully saturated rings. The summed E-state index contributed by atoms with van der Waals surface area (Å²) in [7, 11) is 0. The van der Waals surface area contributed by atoms with Crippen molar-refractivity contribution in [1.82, 2.24) is 9.55 Å². The number of nitrogens with zero attached hydrogens (tertiary/aromatic N) is 4. The van der Waals surface area contributed by atoms with Gasteiger partial charge in [-0.15, -0.1) is 0 Å². The summed E-state index contributed by atoms with van der Waals surface area (Å²) in [6.45, 7) is 16.6. The van der Waals surface area contributed by atoms with E-state index >= 15 is 0 Å². The second-order valence-corrected chi connectivity index (χ2v) is 13.7. The van der Waals surface area contributed by atoms with Crippen molar-refractivity contribution in [2.45, 2.75) is 66.2 Å². The van der Waals surface area contributed by atoms with Gasteiger partial charge in [0.15, 0.2) is 0 Å². The molecule has 0 bridgehead atoms. The molecule has 7 rings (SSSR count). The third-order valence-electron chi connectivity index (χ3n) is 9.28. The minimum atomic E-state index is 0.429. The predicted octanol–water partition coefficient (Wildman–Crippen LogP) is 11.4. The first-order valence-corrected chi connectivity index (χ1v) is 16.8. The Balaban J connectivity index is 1.19. The van der Waals surface area contributed by atoms with Gasteiger partial charge in [-0.3, -0.25) is 4.57 Å². The van der Waals surface area contributed by atoms with Crippen LogP contribution >= 0.6 is 0 Å². The van der Waals surface area contributed by atoms with Gasteiger partial charge in [-0.05, 0) is 89.4 Å². The van der Waals surface area contributed by atoms with Crippen LogP contribution in [0, 0.1) is 6.92 Å². The number of hydrogen-bond acceptors (Lipinski definition) is 4. The molecule has 0 N–H and O–H groups in total. The highest BCUT2D eigenvalue weighted by molar-refractivity contribution is 6.09. The fourth-order valence-electron chi connectivity index (χ4n) is 6.75. The zero-order chi connectivity index (χ0) is 32.8. The van der Waals surface area contributed by atoms with E-state index in [-0.39, 0.29) is 0 Å². The van der Waals surface area contributed by atoms with Gasteiger partial charge in [0, 0.05) is 52.9 Å². The number of rotatable bonds is 8. The van der Waals surface area contributed by atoms with E-state index in [1.165, 1.54) is 38.7 Å². The summed E-state index contributed by atoms with van der Waals surface area (Å²) in [6.07, 6.45) is 6.28. The molecular weight excluding hydrogens is 576 g/mol. The van der Waals surface area contributed by atoms with E-state index in [0.717, 1.165) is 40.7 Å². The highest BCUT2D eigenvalue weighted by Crippen LogP contribution is 2.41. The zero-order valence-corrected chi connectivity index (χ0v) is 28.5. The van der Waals surface area contributed by atoms with Crippen molar-refractivity contribution in [2.24, 2.45) is 0 Å². The van der Waals surface area contributed by atoms with Crippen molar-refractivity contribution in [2.75, 3.05) is 16.5 Å². The summed E-state index contributed by atoms with van der Waals surface area (Å²) < 4.78 is 8.78. The van der Waals surface area contributed by atoms with E-state index in [4.69, 9.17) is 9.72 Å². The molecule has 2 aromatic heterocycles. The molecule has 0 unspecified atom stereocenters. The van der Waals surface area contributed by atoms with Gasteiger partial charge < -0.3 is 14.5 Å². The third-order valence-corrected chi connectivity index (χ3v) is 9.28. The fourth-order valence-corrected chi connectivity index (χ4v) is 6.75. The number of aryl methyl sites for hydroxylation is 1. The van der Waals surface area contributed by atoms with Crippen LogP contribution in [0.3, 0.4) is 0 Å². The van der Waals surface area contributed by atoms with Crippen LogP contribution in [0.4, 0.5) is 11.4 Å². The second-order valence-electron chi connectivity index (χ2n) is 13.7. The summed E-state index contributed by atoms with van der Waals surface area (Å²) in [5.74, 6) is 3.85. The topological polar surface area (TPSA) is 33.5 Å². The number of hydrogen-bond donors (Lipinski definition) is 0. The molecule has 0 saturated heterocycles. The average Bonchev–Trinajstić information content (AvgIpc) is 3.67. The minimum Gasteiger partial charge on any atom is -0.457 e. The van der Waals surface area contributed by atoms with E-state index in [1.807, 2.05) is 18.3 Å². The summed E-state index contributed by atoms with van der Waals surface area (Å²) >= 11 is 0. The van der Waals surface area contributed by atoms with E-state index in [9.17, 15) is 0 Å². The van der Waals surface area contributed by atoms with E-state index in [0.29, 0.717) is 17.8 Å². The smallest absolute Gasteiger partial charge is 0.137 e. The number of para-hydroxylation sites is 1. The van der Waals surface area contributed by atoms with Crippen LogP contribution in [0.15, 0.2) is 110 Å². The van der Waals surface area contributed by atoms with Crippen molar-refractivity contribution < 1.29 is 4.74 Å². The Morgan fingerprint density at radius 1 is 0.638 bits per heavy atom. The largest absolute Gasteiger partial charge is 0.457 e. The molecule has 0 radical (unpaired) electrons. The maximum atomic E-state index is 6.55. The minimum absolute atomic E-state index is 0.429. The number of aromatic nitrogens is 2. The van der Waals surface area contributed by atoms with E-state index < -0.39 is 0 Å². The molecule has 0 atom stereocenters. The van der Waals surface area contributed by atoms with E-state index in [2.05, 4.69) is 154 Å². The molecule has 0 amide bonds. The Kier molecular flexibility index (Phi) is 8.01. The molecule has 47 heavy (non-hydrogen) atoms. The third kappa shape index (κ3) is 5.76. The van der Waals surface area contributed by atoms with Crippen LogP contribution < -0.4 is 14.5 Å². The maximum Gasteiger partial charge on any atom is 0.137 e. The number of ether oxygens (including phenoxy) is 1. The quantitative estimate of drug-likeness (QED) is 0.169. The molecule has 5 heteroatoms. The Bertz CT molecular complexity index is 2090. The van der Waals surface area contributed by atoms with Gasteiger partial charge in [0.1, 0.15) is 17.3 Å². The van der Waals surface area contributed by atoms with Gasteiger partial charge >= 0.3 is 0 Å². The predicted molar refractivity (Wildman–Crippen MR) is 198 cm³/mol. The van der Waals surface area contributed by atoms with Crippen LogP contribution in [0.2, 0.25) is 0 Å². The standard InChI is InChI=1S/C42H44N4O/c1-27(2)31-22-37(28(3)4)42(38(23-31)29(5)6)45-20-19-44(26-45)32-11-10-12-33(24-32)47-34-15-16-36-35-13-8-9-14-39(35)46(40(36)25-34)41-21-30(7)17-18-43-41/h8-25,27-29H,26H2,1-7H3. The van der Waals surface area contributed by atoms with Crippen molar-refractivity contribution >= 4 is 33.2 Å². The first-order valence-electron chi connectivity index (χ1n) is 16.8. The maximum absolute atomic E-state index is 6.55. The molecule has 4 aromatic carbocycles. The van der Waals surface area contributed by atoms with Crippen LogP contribution in [-0.2, 0) is 0 Å². The SMILES string of the molecule is Cc1ccnc(-n2c3ccccc3c3ccc(Oc4cccc(N5C=CN(c6c(C(C)C)cc(C(C)C)cc6C(C)C)C5)c4)cc32)c1. The lowest BCUT2D eigenvalue weighted by molar-refractivity contribution is 0.483. The van der Waals surface area contributed by atoms with E-state index in [1.54, 1.807) is 0 Å². The Morgan fingerprint density at radius 3 is 2.06 bits per heavy atom. The second kappa shape index (κ2) is 12.3. The molecule has 0 saturated carbocycles. The lowest BCUT2D eigenvalue weighted by Crippen LogP contribution is -2.26. The van der Waals surface area contributed by atoms with Gasteiger partial charge in [-0.25, -0.2) is 4.98 Å². The average molecular weight is 621 g/mol. The van der Waals surface area contributed by atoms with Gasteiger partial charge in [0.2, 0.25) is 0 Å². The first-order chi connectivity index (χ1) is 22.7. The molecule has 5 nitrogen and oxygen atoms in total. The molecule has 3 heterocycles. The van der Waals surface area contributed by atoms with Gasteiger partial charge in [-0.2, -0.15) is 0 Å². The highest BCUT2D eigenvalue weighted by Gasteiger charge is 2.25. The Morgan fingerprint density at radius 2 is 1.34 bits per heavy atom. The van der Waals surface area contributed by atoms with Crippen molar-refractivity contribution in [3.63, 3.8) is 0 Å². The summed E-state index contributed by atoms with van der Waals surface area (Å²) in [5.41, 5.74) is 10.1. The van der Waals surface area contributed by atoms with Crippen LogP contribution in [0.25, 0.3) is 27.6 Å². The number of fused-ring (bicyclic) bond motifs is 3. The monoisotopic (exact) mass is 620 g/mol. The lowest BCUT2D eigenvalue weighted by Gasteiger charge is -2.30. The highest BCUT2D eigenvalue weighted by atomic mass is 16.5. The van der Waals surface area contributed by atoms with Gasteiger partial charge in [0.25, 0.3) is 0 Å². The summed E-state index contributed by atoms with van der Waals surface area (Å²) in [4.78, 5) is 9.43. The number of anilines is 2. The van der Waals surface area contributed by atoms with Gasteiger partial charge in [-0.1, -0.05) is 77.9 Å². The normalized spacial score (nSPS) is 13.3. The molecular formula is C42H44N4O. The number of benzene rings is 4. The lowest BCUT2D eigenvalue weighted by atomic mass is 9.87. The molecule has 1 aliphatic heterocycles. The molecule has 0 aliphatic carbocycles. The van der Waals surface area contributed by atoms with Crippen molar-refractivity contribution in [3.8, 4) is 17.3 Å². The van der Waals surface area contributed by atoms with Gasteiger partial charge in [0.05, 0.1) is 17.7 Å². The molecule has 238 valence electrons. The molecule has 1 aliphatic rings. The van der Waals surface area contributed by atoms with Crippen LogP contribution in [0.1, 0.15) is 81.5 Å². The molecule has 6 aromatic rings. The number of pyridine rings is 1. The Labute approximate surface area is 278 Å². The molecule has 0 spiro atoms. The fraction of sp³-hybridized carbons (Fsp3) is 0.262. The van der Waals surface area contributed by atoms with Crippen molar-refractivity contribution in [3.05, 3.63) is 132 Å².